The summed E-state index contributed by atoms with van der Waals surface area (Å²) in [5.41, 5.74) is 0. The zero-order valence-electron chi connectivity index (χ0n) is 10.2. The fourth-order valence-electron chi connectivity index (χ4n) is 1.35. The second-order valence-electron chi connectivity index (χ2n) is 3.55. The van der Waals surface area contributed by atoms with Crippen LogP contribution in [0.2, 0.25) is 0 Å². The number of unbranched alkanes of at least 4 members (excludes halogenated alkanes) is 2. The molecule has 0 bridgehead atoms. The van der Waals surface area contributed by atoms with Gasteiger partial charge in [-0.1, -0.05) is 38.0 Å². The summed E-state index contributed by atoms with van der Waals surface area (Å²) in [5.74, 6) is 0. The minimum Gasteiger partial charge on any atom is -0.331 e. The zero-order chi connectivity index (χ0) is 11.6. The summed E-state index contributed by atoms with van der Waals surface area (Å²) < 4.78 is 11.5. The highest BCUT2D eigenvalue weighted by Gasteiger charge is 2.11. The van der Waals surface area contributed by atoms with E-state index in [9.17, 15) is 0 Å². The summed E-state index contributed by atoms with van der Waals surface area (Å²) in [4.78, 5) is 0. The second-order valence-corrected chi connectivity index (χ2v) is 5.10. The third-order valence-corrected chi connectivity index (χ3v) is 3.80. The normalized spacial score (nSPS) is 12.6. The minimum absolute atomic E-state index is 0.703. The van der Waals surface area contributed by atoms with Crippen LogP contribution in [-0.2, 0) is 9.05 Å². The first-order valence-corrected chi connectivity index (χ1v) is 7.17. The molecule has 0 N–H and O–H groups in total. The molecular weight excluding hydrogens is 219 g/mol. The monoisotopic (exact) mass is 240 g/mol. The lowest BCUT2D eigenvalue weighted by Gasteiger charge is -2.16. The molecule has 1 aromatic carbocycles. The van der Waals surface area contributed by atoms with E-state index in [2.05, 4.69) is 19.1 Å². The van der Waals surface area contributed by atoms with Gasteiger partial charge in [-0.2, -0.15) is 0 Å². The molecule has 0 aliphatic rings. The zero-order valence-corrected chi connectivity index (χ0v) is 11.1. The standard InChI is InChI=1S/C13H21O2P/c1-3-5-9-12-15-16(14-4-2)13-10-7-6-8-11-13/h6-8,10-11H,3-5,9,12H2,1-2H3. The molecule has 0 saturated heterocycles. The van der Waals surface area contributed by atoms with E-state index < -0.39 is 8.38 Å². The predicted molar refractivity (Wildman–Crippen MR) is 70.1 cm³/mol. The molecule has 0 amide bonds. The van der Waals surface area contributed by atoms with Gasteiger partial charge in [0.25, 0.3) is 0 Å². The molecule has 0 fully saturated rings. The molecule has 0 spiro atoms. The molecule has 1 unspecified atom stereocenters. The first kappa shape index (κ1) is 13.6. The first-order valence-electron chi connectivity index (χ1n) is 5.99. The van der Waals surface area contributed by atoms with Crippen LogP contribution < -0.4 is 5.30 Å². The molecule has 90 valence electrons. The number of benzene rings is 1. The molecule has 1 aromatic rings. The molecule has 0 saturated carbocycles. The van der Waals surface area contributed by atoms with Gasteiger partial charge in [-0.05, 0) is 25.5 Å². The van der Waals surface area contributed by atoms with Crippen LogP contribution in [-0.4, -0.2) is 13.2 Å². The van der Waals surface area contributed by atoms with Crippen LogP contribution in [0.25, 0.3) is 0 Å². The lowest BCUT2D eigenvalue weighted by atomic mass is 10.3. The van der Waals surface area contributed by atoms with Crippen LogP contribution in [0.1, 0.15) is 33.1 Å². The van der Waals surface area contributed by atoms with Crippen molar-refractivity contribution in [2.75, 3.05) is 13.2 Å². The SMILES string of the molecule is CCCCCOP(OCC)c1ccccc1. The van der Waals surface area contributed by atoms with E-state index in [0.29, 0.717) is 6.61 Å². The van der Waals surface area contributed by atoms with Gasteiger partial charge >= 0.3 is 0 Å². The quantitative estimate of drug-likeness (QED) is 0.507. The van der Waals surface area contributed by atoms with Crippen molar-refractivity contribution in [3.8, 4) is 0 Å². The molecular formula is C13H21O2P. The second kappa shape index (κ2) is 8.69. The van der Waals surface area contributed by atoms with Gasteiger partial charge in [-0.15, -0.1) is 0 Å². The first-order chi connectivity index (χ1) is 7.88. The summed E-state index contributed by atoms with van der Waals surface area (Å²) in [5, 5.41) is 1.16. The van der Waals surface area contributed by atoms with Crippen LogP contribution in [0.3, 0.4) is 0 Å². The van der Waals surface area contributed by atoms with Crippen molar-refractivity contribution in [1.29, 1.82) is 0 Å². The van der Waals surface area contributed by atoms with E-state index >= 15 is 0 Å². The van der Waals surface area contributed by atoms with Crippen LogP contribution >= 0.6 is 8.38 Å². The van der Waals surface area contributed by atoms with E-state index in [-0.39, 0.29) is 0 Å². The molecule has 16 heavy (non-hydrogen) atoms. The summed E-state index contributed by atoms with van der Waals surface area (Å²) >= 11 is 0. The molecule has 3 heteroatoms. The topological polar surface area (TPSA) is 18.5 Å². The Morgan fingerprint density at radius 2 is 1.75 bits per heavy atom. The lowest BCUT2D eigenvalue weighted by Crippen LogP contribution is -2.06. The van der Waals surface area contributed by atoms with Crippen LogP contribution in [0, 0.1) is 0 Å². The van der Waals surface area contributed by atoms with Gasteiger partial charge in [0.2, 0.25) is 8.38 Å². The highest BCUT2D eigenvalue weighted by molar-refractivity contribution is 7.55. The van der Waals surface area contributed by atoms with Crippen LogP contribution in [0.4, 0.5) is 0 Å². The third-order valence-electron chi connectivity index (χ3n) is 2.17. The lowest BCUT2D eigenvalue weighted by molar-refractivity contribution is 0.261. The van der Waals surface area contributed by atoms with Gasteiger partial charge in [0.1, 0.15) is 0 Å². The molecule has 1 rings (SSSR count). The fourth-order valence-corrected chi connectivity index (χ4v) is 2.67. The molecule has 2 nitrogen and oxygen atoms in total. The Bertz CT molecular complexity index is 264. The van der Waals surface area contributed by atoms with Crippen molar-refractivity contribution in [3.05, 3.63) is 30.3 Å². The Kier molecular flexibility index (Phi) is 7.41. The minimum atomic E-state index is -0.872. The number of rotatable bonds is 8. The van der Waals surface area contributed by atoms with Crippen molar-refractivity contribution in [2.24, 2.45) is 0 Å². The maximum Gasteiger partial charge on any atom is 0.205 e. The average molecular weight is 240 g/mol. The van der Waals surface area contributed by atoms with Crippen molar-refractivity contribution >= 4 is 13.7 Å². The van der Waals surface area contributed by atoms with Crippen molar-refractivity contribution in [3.63, 3.8) is 0 Å². The van der Waals surface area contributed by atoms with Gasteiger partial charge in [0.15, 0.2) is 0 Å². The van der Waals surface area contributed by atoms with E-state index in [1.807, 2.05) is 25.1 Å². The highest BCUT2D eigenvalue weighted by atomic mass is 31.2. The molecule has 0 radical (unpaired) electrons. The van der Waals surface area contributed by atoms with Crippen LogP contribution in [0.5, 0.6) is 0 Å². The number of hydrogen-bond donors (Lipinski definition) is 0. The molecule has 1 atom stereocenters. The smallest absolute Gasteiger partial charge is 0.205 e. The Morgan fingerprint density at radius 1 is 1.00 bits per heavy atom. The Morgan fingerprint density at radius 3 is 2.38 bits per heavy atom. The largest absolute Gasteiger partial charge is 0.331 e. The molecule has 0 aliphatic heterocycles. The van der Waals surface area contributed by atoms with Crippen molar-refractivity contribution in [1.82, 2.24) is 0 Å². The maximum atomic E-state index is 5.81. The maximum absolute atomic E-state index is 5.81. The predicted octanol–water partition coefficient (Wildman–Crippen LogP) is 3.87. The van der Waals surface area contributed by atoms with Gasteiger partial charge in [0.05, 0.1) is 13.2 Å². The molecule has 0 heterocycles. The van der Waals surface area contributed by atoms with Gasteiger partial charge in [-0.3, -0.25) is 0 Å². The van der Waals surface area contributed by atoms with E-state index in [4.69, 9.17) is 9.05 Å². The van der Waals surface area contributed by atoms with Gasteiger partial charge < -0.3 is 9.05 Å². The summed E-state index contributed by atoms with van der Waals surface area (Å²) in [7, 11) is -0.872. The summed E-state index contributed by atoms with van der Waals surface area (Å²) in [6.07, 6.45) is 3.57. The highest BCUT2D eigenvalue weighted by Crippen LogP contribution is 2.37. The van der Waals surface area contributed by atoms with Gasteiger partial charge in [0, 0.05) is 5.30 Å². The van der Waals surface area contributed by atoms with E-state index in [0.717, 1.165) is 18.3 Å². The van der Waals surface area contributed by atoms with Crippen LogP contribution in [0.15, 0.2) is 30.3 Å². The van der Waals surface area contributed by atoms with Crippen molar-refractivity contribution < 1.29 is 9.05 Å². The van der Waals surface area contributed by atoms with Gasteiger partial charge in [-0.25, -0.2) is 0 Å². The van der Waals surface area contributed by atoms with E-state index in [1.165, 1.54) is 12.8 Å². The van der Waals surface area contributed by atoms with E-state index in [1.54, 1.807) is 0 Å². The fraction of sp³-hybridized carbons (Fsp3) is 0.538. The summed E-state index contributed by atoms with van der Waals surface area (Å²) in [6, 6.07) is 10.2. The molecule has 0 aliphatic carbocycles. The Balaban J connectivity index is 2.41. The van der Waals surface area contributed by atoms with Crippen molar-refractivity contribution in [2.45, 2.75) is 33.1 Å². The number of hydrogen-bond acceptors (Lipinski definition) is 2. The third kappa shape index (κ3) is 5.07. The molecule has 0 aromatic heterocycles. The summed E-state index contributed by atoms with van der Waals surface area (Å²) in [6.45, 7) is 5.71. The Hall–Kier alpha value is -0.430. The Labute approximate surface area is 99.9 Å². The average Bonchev–Trinajstić information content (AvgIpc) is 2.34.